The fourth-order valence-corrected chi connectivity index (χ4v) is 2.68. The predicted octanol–water partition coefficient (Wildman–Crippen LogP) is 3.90. The minimum Gasteiger partial charge on any atom is -0.389 e. The second-order valence-corrected chi connectivity index (χ2v) is 5.54. The summed E-state index contributed by atoms with van der Waals surface area (Å²) in [7, 11) is 0. The molecule has 0 aliphatic rings. The molecule has 3 heteroatoms. The lowest BCUT2D eigenvalue weighted by Crippen LogP contribution is -1.92. The summed E-state index contributed by atoms with van der Waals surface area (Å²) >= 11 is 1.64. The molecule has 18 heavy (non-hydrogen) atoms. The highest BCUT2D eigenvalue weighted by atomic mass is 32.2. The molecule has 0 amide bonds. The van der Waals surface area contributed by atoms with Gasteiger partial charge in [-0.05, 0) is 55.7 Å². The Kier molecular flexibility index (Phi) is 4.04. The van der Waals surface area contributed by atoms with Gasteiger partial charge in [0.1, 0.15) is 5.03 Å². The zero-order valence-electron chi connectivity index (χ0n) is 10.8. The van der Waals surface area contributed by atoms with Crippen LogP contribution < -0.4 is 0 Å². The molecule has 94 valence electrons. The van der Waals surface area contributed by atoms with Gasteiger partial charge in [0.2, 0.25) is 0 Å². The molecular weight excluding hydrogens is 242 g/mol. The van der Waals surface area contributed by atoms with E-state index in [1.807, 2.05) is 12.1 Å². The summed E-state index contributed by atoms with van der Waals surface area (Å²) in [6, 6.07) is 10.2. The van der Waals surface area contributed by atoms with Crippen molar-refractivity contribution in [3.8, 4) is 0 Å². The molecule has 0 aliphatic carbocycles. The molecular formula is C15H17NOS. The Morgan fingerprint density at radius 2 is 1.94 bits per heavy atom. The highest BCUT2D eigenvalue weighted by Crippen LogP contribution is 2.30. The molecule has 0 spiro atoms. The van der Waals surface area contributed by atoms with Crippen molar-refractivity contribution in [2.24, 2.45) is 0 Å². The van der Waals surface area contributed by atoms with Gasteiger partial charge in [-0.3, -0.25) is 0 Å². The van der Waals surface area contributed by atoms with Crippen LogP contribution in [-0.4, -0.2) is 10.1 Å². The summed E-state index contributed by atoms with van der Waals surface area (Å²) < 4.78 is 0. The molecule has 1 aromatic heterocycles. The summed E-state index contributed by atoms with van der Waals surface area (Å²) in [5, 5.41) is 10.5. The van der Waals surface area contributed by atoms with Crippen molar-refractivity contribution in [1.29, 1.82) is 0 Å². The quantitative estimate of drug-likeness (QED) is 0.907. The normalized spacial score (nSPS) is 12.4. The van der Waals surface area contributed by atoms with E-state index in [0.29, 0.717) is 0 Å². The van der Waals surface area contributed by atoms with Crippen molar-refractivity contribution >= 4 is 11.8 Å². The summed E-state index contributed by atoms with van der Waals surface area (Å²) in [5.74, 6) is 0. The smallest absolute Gasteiger partial charge is 0.101 e. The third-order valence-corrected chi connectivity index (χ3v) is 3.89. The van der Waals surface area contributed by atoms with Gasteiger partial charge in [0.25, 0.3) is 0 Å². The van der Waals surface area contributed by atoms with Gasteiger partial charge in [0.15, 0.2) is 0 Å². The first-order chi connectivity index (χ1) is 8.56. The van der Waals surface area contributed by atoms with Crippen LogP contribution >= 0.6 is 11.8 Å². The van der Waals surface area contributed by atoms with E-state index in [9.17, 15) is 5.11 Å². The Labute approximate surface area is 112 Å². The summed E-state index contributed by atoms with van der Waals surface area (Å²) in [4.78, 5) is 5.55. The highest BCUT2D eigenvalue weighted by molar-refractivity contribution is 7.99. The molecule has 0 aliphatic heterocycles. The predicted molar refractivity (Wildman–Crippen MR) is 74.9 cm³/mol. The molecule has 1 aromatic carbocycles. The molecule has 1 atom stereocenters. The molecule has 0 bridgehead atoms. The van der Waals surface area contributed by atoms with Crippen molar-refractivity contribution < 1.29 is 5.11 Å². The number of nitrogens with zero attached hydrogens (tertiary/aromatic N) is 1. The van der Waals surface area contributed by atoms with Crippen LogP contribution in [0.5, 0.6) is 0 Å². The van der Waals surface area contributed by atoms with E-state index in [-0.39, 0.29) is 0 Å². The van der Waals surface area contributed by atoms with Gasteiger partial charge in [-0.25, -0.2) is 4.98 Å². The molecule has 0 radical (unpaired) electrons. The maximum absolute atomic E-state index is 9.58. The minimum atomic E-state index is -0.453. The van der Waals surface area contributed by atoms with Crippen molar-refractivity contribution in [2.75, 3.05) is 0 Å². The number of aliphatic hydroxyl groups excluding tert-OH is 1. The lowest BCUT2D eigenvalue weighted by atomic mass is 10.2. The number of aryl methyl sites for hydroxylation is 2. The van der Waals surface area contributed by atoms with Gasteiger partial charge < -0.3 is 5.11 Å². The molecule has 0 fully saturated rings. The minimum absolute atomic E-state index is 0.453. The van der Waals surface area contributed by atoms with Crippen LogP contribution in [0.4, 0.5) is 0 Å². The maximum Gasteiger partial charge on any atom is 0.101 e. The molecule has 2 rings (SSSR count). The van der Waals surface area contributed by atoms with E-state index < -0.39 is 6.10 Å². The topological polar surface area (TPSA) is 33.1 Å². The van der Waals surface area contributed by atoms with Crippen molar-refractivity contribution in [1.82, 2.24) is 4.98 Å². The van der Waals surface area contributed by atoms with Crippen LogP contribution in [-0.2, 0) is 0 Å². The standard InChI is InChI=1S/C15H17NOS/c1-10-4-5-11(2)14(8-10)18-15-9-13(12(3)17)6-7-16-15/h4-9,12,17H,1-3H3/t12-/m0/s1. The summed E-state index contributed by atoms with van der Waals surface area (Å²) in [6.45, 7) is 5.95. The van der Waals surface area contributed by atoms with Crippen LogP contribution in [0.2, 0.25) is 0 Å². The number of aliphatic hydroxyl groups is 1. The van der Waals surface area contributed by atoms with E-state index in [1.54, 1.807) is 24.9 Å². The zero-order valence-corrected chi connectivity index (χ0v) is 11.7. The van der Waals surface area contributed by atoms with Crippen LogP contribution in [0.15, 0.2) is 46.5 Å². The van der Waals surface area contributed by atoms with Gasteiger partial charge in [-0.2, -0.15) is 0 Å². The Bertz CT molecular complexity index is 552. The second-order valence-electron chi connectivity index (χ2n) is 4.47. The molecule has 1 N–H and O–H groups in total. The number of pyridine rings is 1. The molecule has 2 nitrogen and oxygen atoms in total. The first-order valence-electron chi connectivity index (χ1n) is 5.95. The number of hydrogen-bond donors (Lipinski definition) is 1. The SMILES string of the molecule is Cc1ccc(C)c(Sc2cc([C@H](C)O)ccn2)c1. The Balaban J connectivity index is 2.28. The van der Waals surface area contributed by atoms with E-state index in [0.717, 1.165) is 10.6 Å². The molecule has 0 unspecified atom stereocenters. The van der Waals surface area contributed by atoms with E-state index in [4.69, 9.17) is 0 Å². The Morgan fingerprint density at radius 3 is 2.67 bits per heavy atom. The average Bonchev–Trinajstić information content (AvgIpc) is 2.34. The number of aromatic nitrogens is 1. The lowest BCUT2D eigenvalue weighted by Gasteiger charge is -2.08. The first kappa shape index (κ1) is 13.1. The highest BCUT2D eigenvalue weighted by Gasteiger charge is 2.06. The van der Waals surface area contributed by atoms with Crippen molar-refractivity contribution in [3.63, 3.8) is 0 Å². The van der Waals surface area contributed by atoms with Gasteiger partial charge in [0, 0.05) is 11.1 Å². The maximum atomic E-state index is 9.58. The second kappa shape index (κ2) is 5.55. The van der Waals surface area contributed by atoms with Gasteiger partial charge in [0.05, 0.1) is 6.10 Å². The molecule has 0 saturated carbocycles. The molecule has 1 heterocycles. The monoisotopic (exact) mass is 259 g/mol. The Hall–Kier alpha value is -1.32. The number of hydrogen-bond acceptors (Lipinski definition) is 3. The zero-order chi connectivity index (χ0) is 13.1. The lowest BCUT2D eigenvalue weighted by molar-refractivity contribution is 0.199. The first-order valence-corrected chi connectivity index (χ1v) is 6.77. The fourth-order valence-electron chi connectivity index (χ4n) is 1.67. The van der Waals surface area contributed by atoms with Gasteiger partial charge >= 0.3 is 0 Å². The van der Waals surface area contributed by atoms with Crippen molar-refractivity contribution in [3.05, 3.63) is 53.2 Å². The Morgan fingerprint density at radius 1 is 1.17 bits per heavy atom. The summed E-state index contributed by atoms with van der Waals surface area (Å²) in [6.07, 6.45) is 1.29. The van der Waals surface area contributed by atoms with Crippen LogP contribution in [0.3, 0.4) is 0 Å². The molecule has 0 saturated heterocycles. The summed E-state index contributed by atoms with van der Waals surface area (Å²) in [5.41, 5.74) is 3.39. The number of rotatable bonds is 3. The fraction of sp³-hybridized carbons (Fsp3) is 0.267. The number of benzene rings is 1. The third-order valence-electron chi connectivity index (χ3n) is 2.80. The third kappa shape index (κ3) is 3.12. The van der Waals surface area contributed by atoms with E-state index >= 15 is 0 Å². The van der Waals surface area contributed by atoms with Crippen LogP contribution in [0, 0.1) is 13.8 Å². The largest absolute Gasteiger partial charge is 0.389 e. The van der Waals surface area contributed by atoms with E-state index in [2.05, 4.69) is 37.0 Å². The molecule has 2 aromatic rings. The van der Waals surface area contributed by atoms with E-state index in [1.165, 1.54) is 16.0 Å². The van der Waals surface area contributed by atoms with Crippen molar-refractivity contribution in [2.45, 2.75) is 36.8 Å². The van der Waals surface area contributed by atoms with Gasteiger partial charge in [-0.1, -0.05) is 23.9 Å². The van der Waals surface area contributed by atoms with Crippen LogP contribution in [0.25, 0.3) is 0 Å². The van der Waals surface area contributed by atoms with Crippen LogP contribution in [0.1, 0.15) is 29.7 Å². The van der Waals surface area contributed by atoms with Gasteiger partial charge in [-0.15, -0.1) is 0 Å². The average molecular weight is 259 g/mol.